The lowest BCUT2D eigenvalue weighted by Gasteiger charge is -2.26. The van der Waals surface area contributed by atoms with Crippen LogP contribution in [0.15, 0.2) is 42.5 Å². The Morgan fingerprint density at radius 3 is 2.91 bits per heavy atom. The van der Waals surface area contributed by atoms with Gasteiger partial charge in [0, 0.05) is 5.02 Å². The number of benzene rings is 2. The van der Waals surface area contributed by atoms with Crippen LogP contribution < -0.4 is 15.4 Å². The minimum Gasteiger partial charge on any atom is -0.495 e. The molecule has 23 heavy (non-hydrogen) atoms. The van der Waals surface area contributed by atoms with Crippen LogP contribution >= 0.6 is 11.6 Å². The first kappa shape index (κ1) is 15.7. The van der Waals surface area contributed by atoms with Gasteiger partial charge < -0.3 is 15.4 Å². The highest BCUT2D eigenvalue weighted by Gasteiger charge is 2.21. The van der Waals surface area contributed by atoms with E-state index in [1.807, 2.05) is 12.1 Å². The van der Waals surface area contributed by atoms with Gasteiger partial charge in [0.05, 0.1) is 18.8 Å². The highest BCUT2D eigenvalue weighted by molar-refractivity contribution is 6.31. The molecule has 0 saturated carbocycles. The second-order valence-corrected chi connectivity index (χ2v) is 6.02. The predicted molar refractivity (Wildman–Crippen MR) is 92.3 cm³/mol. The van der Waals surface area contributed by atoms with Gasteiger partial charge in [0.25, 0.3) is 0 Å². The summed E-state index contributed by atoms with van der Waals surface area (Å²) in [5, 5.41) is 6.41. The molecule has 5 heteroatoms. The zero-order valence-electron chi connectivity index (χ0n) is 12.9. The van der Waals surface area contributed by atoms with E-state index < -0.39 is 0 Å². The Hall–Kier alpha value is -2.20. The number of nitrogens with one attached hydrogen (secondary N) is 2. The molecule has 1 unspecified atom stereocenters. The molecule has 0 heterocycles. The van der Waals surface area contributed by atoms with Gasteiger partial charge in [-0.25, -0.2) is 4.79 Å². The fraction of sp³-hybridized carbons (Fsp3) is 0.278. The minimum atomic E-state index is -0.257. The van der Waals surface area contributed by atoms with Crippen molar-refractivity contribution in [2.24, 2.45) is 0 Å². The van der Waals surface area contributed by atoms with Gasteiger partial charge in [-0.15, -0.1) is 0 Å². The molecule has 0 saturated heterocycles. The largest absolute Gasteiger partial charge is 0.495 e. The second kappa shape index (κ2) is 6.92. The molecule has 2 N–H and O–H groups in total. The number of hydrogen-bond acceptors (Lipinski definition) is 2. The zero-order chi connectivity index (χ0) is 16.2. The molecule has 2 amide bonds. The van der Waals surface area contributed by atoms with Crippen molar-refractivity contribution in [3.63, 3.8) is 0 Å². The van der Waals surface area contributed by atoms with Crippen molar-refractivity contribution in [1.29, 1.82) is 0 Å². The summed E-state index contributed by atoms with van der Waals surface area (Å²) in [5.74, 6) is 0.577. The summed E-state index contributed by atoms with van der Waals surface area (Å²) in [6, 6.07) is 13.2. The molecule has 0 aromatic heterocycles. The smallest absolute Gasteiger partial charge is 0.319 e. The Labute approximate surface area is 140 Å². The number of urea groups is 1. The summed E-state index contributed by atoms with van der Waals surface area (Å²) in [6.07, 6.45) is 3.08. The number of hydrogen-bond donors (Lipinski definition) is 2. The average Bonchev–Trinajstić information content (AvgIpc) is 2.55. The van der Waals surface area contributed by atoms with E-state index in [9.17, 15) is 4.79 Å². The number of anilines is 1. The number of fused-ring (bicyclic) bond motifs is 1. The van der Waals surface area contributed by atoms with Gasteiger partial charge in [0.15, 0.2) is 0 Å². The van der Waals surface area contributed by atoms with Crippen molar-refractivity contribution < 1.29 is 9.53 Å². The molecule has 1 aliphatic carbocycles. The van der Waals surface area contributed by atoms with Gasteiger partial charge in [-0.1, -0.05) is 35.9 Å². The van der Waals surface area contributed by atoms with E-state index in [0.717, 1.165) is 19.3 Å². The van der Waals surface area contributed by atoms with Crippen molar-refractivity contribution in [2.75, 3.05) is 12.4 Å². The number of halogens is 1. The SMILES string of the molecule is COc1ccc(Cl)cc1NC(=O)NC1CCCc2ccccc21. The van der Waals surface area contributed by atoms with Crippen LogP contribution in [-0.4, -0.2) is 13.1 Å². The Bertz CT molecular complexity index is 718. The summed E-state index contributed by atoms with van der Waals surface area (Å²) in [4.78, 5) is 12.3. The molecule has 0 spiro atoms. The molecule has 2 aromatic rings. The lowest BCUT2D eigenvalue weighted by atomic mass is 9.88. The molecule has 1 aliphatic rings. The first-order valence-corrected chi connectivity index (χ1v) is 8.04. The normalized spacial score (nSPS) is 16.3. The summed E-state index contributed by atoms with van der Waals surface area (Å²) < 4.78 is 5.25. The van der Waals surface area contributed by atoms with Crippen molar-refractivity contribution in [1.82, 2.24) is 5.32 Å². The maximum atomic E-state index is 12.3. The van der Waals surface area contributed by atoms with Crippen LogP contribution in [0.2, 0.25) is 5.02 Å². The maximum absolute atomic E-state index is 12.3. The van der Waals surface area contributed by atoms with E-state index >= 15 is 0 Å². The molecular formula is C18H19ClN2O2. The molecule has 0 aliphatic heterocycles. The number of carbonyl (C=O) groups is 1. The zero-order valence-corrected chi connectivity index (χ0v) is 13.7. The van der Waals surface area contributed by atoms with E-state index in [1.165, 1.54) is 11.1 Å². The molecule has 4 nitrogen and oxygen atoms in total. The summed E-state index contributed by atoms with van der Waals surface area (Å²) >= 11 is 5.99. The molecule has 1 atom stereocenters. The van der Waals surface area contributed by atoms with Crippen LogP contribution in [0.3, 0.4) is 0 Å². The minimum absolute atomic E-state index is 0.0325. The molecule has 3 rings (SSSR count). The molecule has 0 fully saturated rings. The Morgan fingerprint density at radius 1 is 1.26 bits per heavy atom. The van der Waals surface area contributed by atoms with Crippen molar-refractivity contribution in [3.8, 4) is 5.75 Å². The van der Waals surface area contributed by atoms with E-state index in [1.54, 1.807) is 25.3 Å². The van der Waals surface area contributed by atoms with Crippen molar-refractivity contribution >= 4 is 23.3 Å². The van der Waals surface area contributed by atoms with Gasteiger partial charge in [0.2, 0.25) is 0 Å². The van der Waals surface area contributed by atoms with Crippen LogP contribution in [0.5, 0.6) is 5.75 Å². The highest BCUT2D eigenvalue weighted by atomic mass is 35.5. The van der Waals surface area contributed by atoms with Crippen LogP contribution in [0.1, 0.15) is 30.0 Å². The van der Waals surface area contributed by atoms with Gasteiger partial charge >= 0.3 is 6.03 Å². The Morgan fingerprint density at radius 2 is 2.09 bits per heavy atom. The quantitative estimate of drug-likeness (QED) is 0.867. The van der Waals surface area contributed by atoms with Gasteiger partial charge in [-0.05, 0) is 48.6 Å². The number of aryl methyl sites for hydroxylation is 1. The van der Waals surface area contributed by atoms with Gasteiger partial charge in [-0.3, -0.25) is 0 Å². The molecular weight excluding hydrogens is 312 g/mol. The van der Waals surface area contributed by atoms with Crippen molar-refractivity contribution in [2.45, 2.75) is 25.3 Å². The van der Waals surface area contributed by atoms with E-state index in [0.29, 0.717) is 16.5 Å². The van der Waals surface area contributed by atoms with Crippen LogP contribution in [0.4, 0.5) is 10.5 Å². The average molecular weight is 331 g/mol. The summed E-state index contributed by atoms with van der Waals surface area (Å²) in [7, 11) is 1.56. The number of amides is 2. The van der Waals surface area contributed by atoms with E-state index in [-0.39, 0.29) is 12.1 Å². The topological polar surface area (TPSA) is 50.4 Å². The number of ether oxygens (including phenoxy) is 1. The van der Waals surface area contributed by atoms with Crippen LogP contribution in [0, 0.1) is 0 Å². The molecule has 120 valence electrons. The Balaban J connectivity index is 1.73. The fourth-order valence-electron chi connectivity index (χ4n) is 3.00. The predicted octanol–water partition coefficient (Wildman–Crippen LogP) is 4.55. The highest BCUT2D eigenvalue weighted by Crippen LogP contribution is 2.30. The number of rotatable bonds is 3. The first-order valence-electron chi connectivity index (χ1n) is 7.66. The van der Waals surface area contributed by atoms with Crippen LogP contribution in [0.25, 0.3) is 0 Å². The lowest BCUT2D eigenvalue weighted by Crippen LogP contribution is -2.34. The van der Waals surface area contributed by atoms with Crippen LogP contribution in [-0.2, 0) is 6.42 Å². The monoisotopic (exact) mass is 330 g/mol. The third-order valence-corrected chi connectivity index (χ3v) is 4.32. The number of carbonyl (C=O) groups excluding carboxylic acids is 1. The number of methoxy groups -OCH3 is 1. The summed E-state index contributed by atoms with van der Waals surface area (Å²) in [6.45, 7) is 0. The lowest BCUT2D eigenvalue weighted by molar-refractivity contribution is 0.247. The Kier molecular flexibility index (Phi) is 4.72. The maximum Gasteiger partial charge on any atom is 0.319 e. The van der Waals surface area contributed by atoms with Gasteiger partial charge in [0.1, 0.15) is 5.75 Å². The van der Waals surface area contributed by atoms with Crippen molar-refractivity contribution in [3.05, 3.63) is 58.6 Å². The third-order valence-electron chi connectivity index (χ3n) is 4.08. The molecule has 2 aromatic carbocycles. The fourth-order valence-corrected chi connectivity index (χ4v) is 3.17. The summed E-state index contributed by atoms with van der Waals surface area (Å²) in [5.41, 5.74) is 3.07. The van der Waals surface area contributed by atoms with E-state index in [4.69, 9.17) is 16.3 Å². The molecule has 0 bridgehead atoms. The molecule has 0 radical (unpaired) electrons. The third kappa shape index (κ3) is 3.59. The first-order chi connectivity index (χ1) is 11.2. The van der Waals surface area contributed by atoms with Gasteiger partial charge in [-0.2, -0.15) is 0 Å². The standard InChI is InChI=1S/C18H19ClN2O2/c1-23-17-10-9-13(19)11-16(17)21-18(22)20-15-8-4-6-12-5-2-3-7-14(12)15/h2-3,5,7,9-11,15H,4,6,8H2,1H3,(H2,20,21,22). The second-order valence-electron chi connectivity index (χ2n) is 5.59. The van der Waals surface area contributed by atoms with E-state index in [2.05, 4.69) is 22.8 Å².